The van der Waals surface area contributed by atoms with Crippen molar-refractivity contribution in [2.45, 2.75) is 45.3 Å². The van der Waals surface area contributed by atoms with E-state index in [-0.39, 0.29) is 17.3 Å². The lowest BCUT2D eigenvalue weighted by atomic mass is 10.1. The Hall–Kier alpha value is -1.72. The van der Waals surface area contributed by atoms with Crippen molar-refractivity contribution in [1.29, 1.82) is 0 Å². The highest BCUT2D eigenvalue weighted by Crippen LogP contribution is 2.32. The van der Waals surface area contributed by atoms with Crippen LogP contribution >= 0.6 is 0 Å². The number of carboxylic acid groups (broad SMARTS) is 1. The first-order valence-electron chi connectivity index (χ1n) is 6.46. The molecule has 1 unspecified atom stereocenters. The second kappa shape index (κ2) is 6.63. The van der Waals surface area contributed by atoms with E-state index in [1.807, 2.05) is 13.8 Å². The summed E-state index contributed by atoms with van der Waals surface area (Å²) in [5, 5.41) is 12.0. The molecule has 0 heterocycles. The third-order valence-electron chi connectivity index (χ3n) is 2.97. The van der Waals surface area contributed by atoms with Gasteiger partial charge in [0.2, 0.25) is 0 Å². The lowest BCUT2D eigenvalue weighted by molar-refractivity contribution is -0.137. The number of hydrogen-bond donors (Lipinski definition) is 2. The molecule has 0 spiro atoms. The number of unbranched alkanes of at least 4 members (excludes halogenated alkanes) is 1. The van der Waals surface area contributed by atoms with E-state index < -0.39 is 17.7 Å². The SMILES string of the molecule is CCCCC(C)Nc1ccc(C(F)(F)F)cc1C(=O)O. The zero-order valence-corrected chi connectivity index (χ0v) is 11.4. The van der Waals surface area contributed by atoms with Crippen molar-refractivity contribution < 1.29 is 23.1 Å². The summed E-state index contributed by atoms with van der Waals surface area (Å²) in [5.74, 6) is -1.37. The zero-order valence-electron chi connectivity index (χ0n) is 11.4. The first-order chi connectivity index (χ1) is 9.25. The molecule has 1 atom stereocenters. The van der Waals surface area contributed by atoms with Crippen molar-refractivity contribution in [1.82, 2.24) is 0 Å². The standard InChI is InChI=1S/C14H18F3NO2/c1-3-4-5-9(2)18-12-7-6-10(14(15,16)17)8-11(12)13(19)20/h6-9,18H,3-5H2,1-2H3,(H,19,20). The lowest BCUT2D eigenvalue weighted by Crippen LogP contribution is -2.18. The number of alkyl halides is 3. The molecule has 0 aliphatic rings. The Morgan fingerprint density at radius 3 is 2.55 bits per heavy atom. The van der Waals surface area contributed by atoms with Crippen LogP contribution in [0.3, 0.4) is 0 Å². The van der Waals surface area contributed by atoms with Gasteiger partial charge in [-0.15, -0.1) is 0 Å². The summed E-state index contributed by atoms with van der Waals surface area (Å²) in [6.07, 6.45) is -1.74. The summed E-state index contributed by atoms with van der Waals surface area (Å²) in [7, 11) is 0. The van der Waals surface area contributed by atoms with Crippen LogP contribution in [0.2, 0.25) is 0 Å². The van der Waals surface area contributed by atoms with Gasteiger partial charge >= 0.3 is 12.1 Å². The summed E-state index contributed by atoms with van der Waals surface area (Å²) in [5.41, 5.74) is -1.10. The third kappa shape index (κ3) is 4.43. The fraction of sp³-hybridized carbons (Fsp3) is 0.500. The highest BCUT2D eigenvalue weighted by atomic mass is 19.4. The molecular formula is C14H18F3NO2. The van der Waals surface area contributed by atoms with Crippen LogP contribution in [0, 0.1) is 0 Å². The van der Waals surface area contributed by atoms with Crippen molar-refractivity contribution in [3.63, 3.8) is 0 Å². The molecule has 0 aromatic heterocycles. The van der Waals surface area contributed by atoms with E-state index in [9.17, 15) is 18.0 Å². The maximum atomic E-state index is 12.6. The number of hydrogen-bond acceptors (Lipinski definition) is 2. The summed E-state index contributed by atoms with van der Waals surface area (Å²) >= 11 is 0. The van der Waals surface area contributed by atoms with Gasteiger partial charge in [-0.1, -0.05) is 19.8 Å². The summed E-state index contributed by atoms with van der Waals surface area (Å²) in [4.78, 5) is 11.1. The van der Waals surface area contributed by atoms with E-state index in [4.69, 9.17) is 5.11 Å². The Morgan fingerprint density at radius 1 is 1.40 bits per heavy atom. The van der Waals surface area contributed by atoms with Crippen LogP contribution in [0.25, 0.3) is 0 Å². The molecule has 3 nitrogen and oxygen atoms in total. The number of rotatable bonds is 6. The molecule has 1 rings (SSSR count). The van der Waals surface area contributed by atoms with Crippen LogP contribution < -0.4 is 5.32 Å². The first kappa shape index (κ1) is 16.3. The van der Waals surface area contributed by atoms with Crippen LogP contribution in [0.1, 0.15) is 49.0 Å². The number of aromatic carboxylic acids is 1. The van der Waals surface area contributed by atoms with Crippen molar-refractivity contribution >= 4 is 11.7 Å². The van der Waals surface area contributed by atoms with Crippen molar-refractivity contribution in [2.75, 3.05) is 5.32 Å². The Labute approximate surface area is 115 Å². The van der Waals surface area contributed by atoms with Gasteiger partial charge in [0.05, 0.1) is 11.1 Å². The second-order valence-electron chi connectivity index (χ2n) is 4.75. The van der Waals surface area contributed by atoms with Crippen LogP contribution in [0.4, 0.5) is 18.9 Å². The van der Waals surface area contributed by atoms with Gasteiger partial charge in [0.15, 0.2) is 0 Å². The molecule has 0 fully saturated rings. The lowest BCUT2D eigenvalue weighted by Gasteiger charge is -2.18. The van der Waals surface area contributed by atoms with Gasteiger partial charge in [-0.3, -0.25) is 0 Å². The molecule has 0 amide bonds. The second-order valence-corrected chi connectivity index (χ2v) is 4.75. The molecule has 1 aromatic rings. The topological polar surface area (TPSA) is 49.3 Å². The molecule has 1 aromatic carbocycles. The summed E-state index contributed by atoms with van der Waals surface area (Å²) in [6, 6.07) is 2.73. The largest absolute Gasteiger partial charge is 0.478 e. The number of carboxylic acids is 1. The van der Waals surface area contributed by atoms with E-state index >= 15 is 0 Å². The van der Waals surface area contributed by atoms with E-state index in [2.05, 4.69) is 5.32 Å². The van der Waals surface area contributed by atoms with Gasteiger partial charge in [-0.25, -0.2) is 4.79 Å². The normalized spacial score (nSPS) is 13.1. The van der Waals surface area contributed by atoms with Gasteiger partial charge in [0.1, 0.15) is 0 Å². The smallest absolute Gasteiger partial charge is 0.416 e. The molecule has 0 aliphatic carbocycles. The van der Waals surface area contributed by atoms with Crippen LogP contribution in [0.5, 0.6) is 0 Å². The maximum Gasteiger partial charge on any atom is 0.416 e. The van der Waals surface area contributed by atoms with Gasteiger partial charge in [0, 0.05) is 11.7 Å². The van der Waals surface area contributed by atoms with E-state index in [1.165, 1.54) is 6.07 Å². The van der Waals surface area contributed by atoms with Gasteiger partial charge in [0.25, 0.3) is 0 Å². The average molecular weight is 289 g/mol. The highest BCUT2D eigenvalue weighted by Gasteiger charge is 2.31. The minimum Gasteiger partial charge on any atom is -0.478 e. The van der Waals surface area contributed by atoms with Crippen LogP contribution in [-0.4, -0.2) is 17.1 Å². The molecule has 0 radical (unpaired) electrons. The molecule has 0 bridgehead atoms. The van der Waals surface area contributed by atoms with Crippen molar-refractivity contribution in [3.8, 4) is 0 Å². The summed E-state index contributed by atoms with van der Waals surface area (Å²) in [6.45, 7) is 3.91. The Morgan fingerprint density at radius 2 is 2.05 bits per heavy atom. The number of nitrogens with one attached hydrogen (secondary N) is 1. The Bertz CT molecular complexity index is 472. The number of anilines is 1. The van der Waals surface area contributed by atoms with Gasteiger partial charge < -0.3 is 10.4 Å². The minimum atomic E-state index is -4.55. The number of halogens is 3. The predicted molar refractivity (Wildman–Crippen MR) is 71.0 cm³/mol. The fourth-order valence-corrected chi connectivity index (χ4v) is 1.87. The van der Waals surface area contributed by atoms with Crippen molar-refractivity contribution in [3.05, 3.63) is 29.3 Å². The van der Waals surface area contributed by atoms with Gasteiger partial charge in [-0.2, -0.15) is 13.2 Å². The van der Waals surface area contributed by atoms with E-state index in [0.29, 0.717) is 6.07 Å². The summed E-state index contributed by atoms with van der Waals surface area (Å²) < 4.78 is 37.7. The van der Waals surface area contributed by atoms with E-state index in [1.54, 1.807) is 0 Å². The molecular weight excluding hydrogens is 271 g/mol. The Kier molecular flexibility index (Phi) is 5.42. The molecule has 112 valence electrons. The van der Waals surface area contributed by atoms with E-state index in [0.717, 1.165) is 25.3 Å². The molecule has 2 N–H and O–H groups in total. The monoisotopic (exact) mass is 289 g/mol. The van der Waals surface area contributed by atoms with Crippen LogP contribution in [0.15, 0.2) is 18.2 Å². The first-order valence-corrected chi connectivity index (χ1v) is 6.46. The minimum absolute atomic E-state index is 0.00443. The quantitative estimate of drug-likeness (QED) is 0.816. The number of benzene rings is 1. The molecule has 20 heavy (non-hydrogen) atoms. The Balaban J connectivity index is 2.99. The van der Waals surface area contributed by atoms with Crippen molar-refractivity contribution in [2.24, 2.45) is 0 Å². The molecule has 0 saturated carbocycles. The fourth-order valence-electron chi connectivity index (χ4n) is 1.87. The maximum absolute atomic E-state index is 12.6. The third-order valence-corrected chi connectivity index (χ3v) is 2.97. The molecule has 0 saturated heterocycles. The molecule has 0 aliphatic heterocycles. The van der Waals surface area contributed by atoms with Gasteiger partial charge in [-0.05, 0) is 31.5 Å². The predicted octanol–water partition coefficient (Wildman–Crippen LogP) is 4.39. The van der Waals surface area contributed by atoms with Crippen LogP contribution in [-0.2, 0) is 6.18 Å². The molecule has 6 heteroatoms. The number of carbonyl (C=O) groups is 1. The highest BCUT2D eigenvalue weighted by molar-refractivity contribution is 5.94. The average Bonchev–Trinajstić information content (AvgIpc) is 2.35. The zero-order chi connectivity index (χ0) is 15.3.